The van der Waals surface area contributed by atoms with Gasteiger partial charge in [0.2, 0.25) is 0 Å². The van der Waals surface area contributed by atoms with Gasteiger partial charge in [-0.15, -0.1) is 0 Å². The Balaban J connectivity index is 2.32. The smallest absolute Gasteiger partial charge is 0.330 e. The molecule has 4 nitrogen and oxygen atoms in total. The molecule has 0 aliphatic heterocycles. The van der Waals surface area contributed by atoms with E-state index < -0.39 is 17.3 Å². The van der Waals surface area contributed by atoms with Crippen LogP contribution < -0.4 is 5.32 Å². The summed E-state index contributed by atoms with van der Waals surface area (Å²) in [5.41, 5.74) is -0.848. The lowest BCUT2D eigenvalue weighted by Gasteiger charge is -2.32. The first-order chi connectivity index (χ1) is 9.08. The molecule has 0 saturated heterocycles. The maximum absolute atomic E-state index is 13.0. The summed E-state index contributed by atoms with van der Waals surface area (Å²) >= 11 is 0. The molecule has 1 heterocycles. The fourth-order valence-electron chi connectivity index (χ4n) is 2.73. The number of hydrogen-bond acceptors (Lipinski definition) is 3. The molecule has 5 heteroatoms. The number of carboxylic acids is 1. The van der Waals surface area contributed by atoms with Gasteiger partial charge >= 0.3 is 5.97 Å². The van der Waals surface area contributed by atoms with Gasteiger partial charge in [0.25, 0.3) is 0 Å². The van der Waals surface area contributed by atoms with Gasteiger partial charge < -0.3 is 5.11 Å². The summed E-state index contributed by atoms with van der Waals surface area (Å²) in [7, 11) is 0. The number of carboxylic acid groups (broad SMARTS) is 1. The topological polar surface area (TPSA) is 62.2 Å². The summed E-state index contributed by atoms with van der Waals surface area (Å²) in [5.74, 6) is -1.42. The fraction of sp³-hybridized carbons (Fsp3) is 0.571. The van der Waals surface area contributed by atoms with Crippen molar-refractivity contribution in [3.8, 4) is 0 Å². The molecular formula is C14H19FN2O2. The zero-order valence-corrected chi connectivity index (χ0v) is 11.0. The van der Waals surface area contributed by atoms with Crippen LogP contribution in [0, 0.1) is 5.82 Å². The molecule has 104 valence electrons. The molecule has 1 atom stereocenters. The van der Waals surface area contributed by atoms with Crippen molar-refractivity contribution in [1.82, 2.24) is 10.3 Å². The molecule has 1 fully saturated rings. The number of nitrogens with one attached hydrogen (secondary N) is 1. The first-order valence-electron chi connectivity index (χ1n) is 6.71. The number of aromatic nitrogens is 1. The molecule has 1 aromatic heterocycles. The Morgan fingerprint density at radius 3 is 2.68 bits per heavy atom. The molecule has 19 heavy (non-hydrogen) atoms. The summed E-state index contributed by atoms with van der Waals surface area (Å²) in [6.45, 7) is 1.81. The molecule has 2 N–H and O–H groups in total. The average Bonchev–Trinajstić information content (AvgIpc) is 2.89. The van der Waals surface area contributed by atoms with Crippen LogP contribution in [0.3, 0.4) is 0 Å². The molecule has 0 spiro atoms. The maximum Gasteiger partial charge on any atom is 0.330 e. The van der Waals surface area contributed by atoms with Crippen molar-refractivity contribution in [2.75, 3.05) is 0 Å². The third-order valence-electron chi connectivity index (χ3n) is 3.87. The van der Waals surface area contributed by atoms with Crippen molar-refractivity contribution in [1.29, 1.82) is 0 Å². The molecule has 1 unspecified atom stereocenters. The highest BCUT2D eigenvalue weighted by atomic mass is 19.1. The van der Waals surface area contributed by atoms with Gasteiger partial charge in [-0.2, -0.15) is 0 Å². The van der Waals surface area contributed by atoms with Gasteiger partial charge in [0.1, 0.15) is 5.82 Å². The first-order valence-corrected chi connectivity index (χ1v) is 6.71. The van der Waals surface area contributed by atoms with E-state index in [1.807, 2.05) is 0 Å². The highest BCUT2D eigenvalue weighted by Gasteiger charge is 2.42. The Labute approximate surface area is 112 Å². The van der Waals surface area contributed by atoms with Gasteiger partial charge in [-0.1, -0.05) is 19.8 Å². The van der Waals surface area contributed by atoms with E-state index in [2.05, 4.69) is 10.3 Å². The molecule has 0 aromatic carbocycles. The molecule has 1 saturated carbocycles. The lowest BCUT2D eigenvalue weighted by atomic mass is 9.90. The largest absolute Gasteiger partial charge is 0.480 e. The minimum Gasteiger partial charge on any atom is -0.480 e. The number of hydrogen-bond donors (Lipinski definition) is 2. The summed E-state index contributed by atoms with van der Waals surface area (Å²) in [6, 6.07) is 2.91. The van der Waals surface area contributed by atoms with Crippen molar-refractivity contribution in [3.63, 3.8) is 0 Å². The predicted molar refractivity (Wildman–Crippen MR) is 69.2 cm³/mol. The highest BCUT2D eigenvalue weighted by Crippen LogP contribution is 2.28. The monoisotopic (exact) mass is 266 g/mol. The molecule has 0 bridgehead atoms. The van der Waals surface area contributed by atoms with E-state index in [9.17, 15) is 14.3 Å². The van der Waals surface area contributed by atoms with Crippen molar-refractivity contribution in [3.05, 3.63) is 29.8 Å². The Hall–Kier alpha value is -1.49. The van der Waals surface area contributed by atoms with Crippen molar-refractivity contribution < 1.29 is 14.3 Å². The van der Waals surface area contributed by atoms with Crippen molar-refractivity contribution in [2.45, 2.75) is 50.6 Å². The molecule has 1 aliphatic carbocycles. The number of carbonyl (C=O) groups is 1. The number of nitrogens with zero attached hydrogens (tertiary/aromatic N) is 1. The number of halogens is 1. The van der Waals surface area contributed by atoms with E-state index in [1.54, 1.807) is 6.92 Å². The Kier molecular flexibility index (Phi) is 4.14. The molecule has 2 rings (SSSR count). The second-order valence-electron chi connectivity index (χ2n) is 5.05. The highest BCUT2D eigenvalue weighted by molar-refractivity contribution is 5.80. The molecule has 1 aromatic rings. The first kappa shape index (κ1) is 13.9. The average molecular weight is 266 g/mol. The Bertz CT molecular complexity index is 443. The third kappa shape index (κ3) is 2.76. The third-order valence-corrected chi connectivity index (χ3v) is 3.87. The molecule has 0 amide bonds. The standard InChI is InChI=1S/C14H19FN2O2/c1-2-14(13(18)19,17-11-5-3-4-6-11)12-8-7-10(15)9-16-12/h7-9,11,17H,2-6H2,1H3,(H,18,19). The van der Waals surface area contributed by atoms with Gasteiger partial charge in [-0.3, -0.25) is 10.3 Å². The second-order valence-corrected chi connectivity index (χ2v) is 5.05. The normalized spacial score (nSPS) is 19.3. The summed E-state index contributed by atoms with van der Waals surface area (Å²) in [4.78, 5) is 15.7. The van der Waals surface area contributed by atoms with Crippen LogP contribution in [0.1, 0.15) is 44.7 Å². The quantitative estimate of drug-likeness (QED) is 0.859. The lowest BCUT2D eigenvalue weighted by Crippen LogP contribution is -2.53. The summed E-state index contributed by atoms with van der Waals surface area (Å²) in [5, 5.41) is 12.8. The van der Waals surface area contributed by atoms with Gasteiger partial charge in [0.05, 0.1) is 11.9 Å². The number of pyridine rings is 1. The maximum atomic E-state index is 13.0. The van der Waals surface area contributed by atoms with Crippen LogP contribution in [0.25, 0.3) is 0 Å². The van der Waals surface area contributed by atoms with E-state index >= 15 is 0 Å². The van der Waals surface area contributed by atoms with Crippen LogP contribution in [-0.2, 0) is 10.3 Å². The predicted octanol–water partition coefficient (Wildman–Crippen LogP) is 2.44. The molecule has 0 radical (unpaired) electrons. The van der Waals surface area contributed by atoms with Gasteiger partial charge in [0.15, 0.2) is 5.54 Å². The van der Waals surface area contributed by atoms with Crippen LogP contribution in [0.15, 0.2) is 18.3 Å². The lowest BCUT2D eigenvalue weighted by molar-refractivity contribution is -0.146. The summed E-state index contributed by atoms with van der Waals surface area (Å²) in [6.07, 6.45) is 5.64. The van der Waals surface area contributed by atoms with Crippen molar-refractivity contribution in [2.24, 2.45) is 0 Å². The molecular weight excluding hydrogens is 247 g/mol. The Morgan fingerprint density at radius 2 is 2.21 bits per heavy atom. The van der Waals surface area contributed by atoms with E-state index in [0.29, 0.717) is 12.1 Å². The minimum absolute atomic E-state index is 0.197. The van der Waals surface area contributed by atoms with Crippen LogP contribution in [0.4, 0.5) is 4.39 Å². The van der Waals surface area contributed by atoms with Gasteiger partial charge in [0, 0.05) is 6.04 Å². The zero-order valence-electron chi connectivity index (χ0n) is 11.0. The van der Waals surface area contributed by atoms with E-state index in [1.165, 1.54) is 12.1 Å². The SMILES string of the molecule is CCC(NC1CCCC1)(C(=O)O)c1ccc(F)cn1. The number of rotatable bonds is 5. The zero-order chi connectivity index (χ0) is 13.9. The molecule has 1 aliphatic rings. The second kappa shape index (κ2) is 5.65. The van der Waals surface area contributed by atoms with E-state index in [-0.39, 0.29) is 6.04 Å². The van der Waals surface area contributed by atoms with Crippen LogP contribution in [0.2, 0.25) is 0 Å². The van der Waals surface area contributed by atoms with Crippen LogP contribution in [-0.4, -0.2) is 22.1 Å². The minimum atomic E-state index is -1.22. The van der Waals surface area contributed by atoms with E-state index in [0.717, 1.165) is 31.9 Å². The van der Waals surface area contributed by atoms with Gasteiger partial charge in [-0.05, 0) is 31.4 Å². The summed E-state index contributed by atoms with van der Waals surface area (Å²) < 4.78 is 13.0. The van der Waals surface area contributed by atoms with Crippen molar-refractivity contribution >= 4 is 5.97 Å². The van der Waals surface area contributed by atoms with E-state index in [4.69, 9.17) is 0 Å². The van der Waals surface area contributed by atoms with Gasteiger partial charge in [-0.25, -0.2) is 9.18 Å². The fourth-order valence-corrected chi connectivity index (χ4v) is 2.73. The number of aliphatic carboxylic acids is 1. The van der Waals surface area contributed by atoms with Crippen LogP contribution >= 0.6 is 0 Å². The Morgan fingerprint density at radius 1 is 1.53 bits per heavy atom. The van der Waals surface area contributed by atoms with Crippen LogP contribution in [0.5, 0.6) is 0 Å².